The Bertz CT molecular complexity index is 389. The molecule has 1 aliphatic rings. The van der Waals surface area contributed by atoms with E-state index in [0.717, 1.165) is 37.3 Å². The van der Waals surface area contributed by atoms with E-state index in [1.807, 2.05) is 24.3 Å². The van der Waals surface area contributed by atoms with Crippen LogP contribution in [0, 0.1) is 5.92 Å². The first-order valence-electron chi connectivity index (χ1n) is 5.89. The number of ether oxygens (including phenoxy) is 1. The van der Waals surface area contributed by atoms with Gasteiger partial charge in [-0.15, -0.1) is 0 Å². The Morgan fingerprint density at radius 3 is 2.76 bits per heavy atom. The summed E-state index contributed by atoms with van der Waals surface area (Å²) in [5.74, 6) is -0.114. The monoisotopic (exact) mass is 234 g/mol. The highest BCUT2D eigenvalue weighted by Crippen LogP contribution is 2.24. The van der Waals surface area contributed by atoms with Crippen LogP contribution in [0.2, 0.25) is 0 Å². The normalized spacial score (nSPS) is 20.1. The van der Waals surface area contributed by atoms with Crippen molar-refractivity contribution < 1.29 is 9.53 Å². The van der Waals surface area contributed by atoms with Gasteiger partial charge in [0.15, 0.2) is 0 Å². The molecule has 4 heteroatoms. The third-order valence-corrected chi connectivity index (χ3v) is 3.21. The van der Waals surface area contributed by atoms with Crippen molar-refractivity contribution in [3.8, 4) is 0 Å². The molecule has 1 fully saturated rings. The lowest BCUT2D eigenvalue weighted by atomic mass is 9.97. The van der Waals surface area contributed by atoms with Crippen LogP contribution >= 0.6 is 0 Å². The van der Waals surface area contributed by atoms with Gasteiger partial charge in [0.1, 0.15) is 0 Å². The Labute approximate surface area is 101 Å². The summed E-state index contributed by atoms with van der Waals surface area (Å²) >= 11 is 0. The van der Waals surface area contributed by atoms with Gasteiger partial charge in [0.2, 0.25) is 0 Å². The number of piperidine rings is 1. The van der Waals surface area contributed by atoms with E-state index < -0.39 is 0 Å². The number of methoxy groups -OCH3 is 1. The van der Waals surface area contributed by atoms with Crippen molar-refractivity contribution in [2.45, 2.75) is 12.8 Å². The van der Waals surface area contributed by atoms with Gasteiger partial charge in [-0.05, 0) is 37.1 Å². The van der Waals surface area contributed by atoms with Gasteiger partial charge in [0, 0.05) is 24.5 Å². The van der Waals surface area contributed by atoms with Gasteiger partial charge >= 0.3 is 5.97 Å². The first-order chi connectivity index (χ1) is 8.20. The van der Waals surface area contributed by atoms with E-state index in [0.29, 0.717) is 0 Å². The zero-order valence-electron chi connectivity index (χ0n) is 10.1. The van der Waals surface area contributed by atoms with Crippen molar-refractivity contribution in [1.29, 1.82) is 0 Å². The van der Waals surface area contributed by atoms with Gasteiger partial charge < -0.3 is 15.4 Å². The van der Waals surface area contributed by atoms with Gasteiger partial charge in [-0.25, -0.2) is 0 Å². The lowest BCUT2D eigenvalue weighted by Gasteiger charge is -2.33. The number of benzene rings is 1. The fourth-order valence-electron chi connectivity index (χ4n) is 2.26. The van der Waals surface area contributed by atoms with E-state index in [1.54, 1.807) is 0 Å². The van der Waals surface area contributed by atoms with Crippen molar-refractivity contribution in [1.82, 2.24) is 0 Å². The molecule has 2 rings (SSSR count). The highest BCUT2D eigenvalue weighted by molar-refractivity contribution is 5.73. The average molecular weight is 234 g/mol. The van der Waals surface area contributed by atoms with Crippen molar-refractivity contribution in [2.75, 3.05) is 30.8 Å². The molecule has 0 saturated carbocycles. The van der Waals surface area contributed by atoms with E-state index >= 15 is 0 Å². The molecule has 92 valence electrons. The smallest absolute Gasteiger partial charge is 0.310 e. The molecular weight excluding hydrogens is 216 g/mol. The molecule has 0 unspecified atom stereocenters. The van der Waals surface area contributed by atoms with E-state index in [4.69, 9.17) is 10.5 Å². The number of hydrogen-bond acceptors (Lipinski definition) is 4. The third kappa shape index (κ3) is 2.70. The molecular formula is C13H18N2O2. The fraction of sp³-hybridized carbons (Fsp3) is 0.462. The van der Waals surface area contributed by atoms with Crippen molar-refractivity contribution in [3.05, 3.63) is 24.3 Å². The number of rotatable bonds is 2. The number of hydrogen-bond donors (Lipinski definition) is 1. The fourth-order valence-corrected chi connectivity index (χ4v) is 2.26. The predicted octanol–water partition coefficient (Wildman–Crippen LogP) is 1.66. The Morgan fingerprint density at radius 2 is 2.12 bits per heavy atom. The summed E-state index contributed by atoms with van der Waals surface area (Å²) in [5, 5.41) is 0. The van der Waals surface area contributed by atoms with Crippen LogP contribution in [0.5, 0.6) is 0 Å². The molecule has 1 aromatic carbocycles. The van der Waals surface area contributed by atoms with Crippen molar-refractivity contribution in [3.63, 3.8) is 0 Å². The molecule has 0 aliphatic carbocycles. The maximum absolute atomic E-state index is 11.5. The van der Waals surface area contributed by atoms with Crippen molar-refractivity contribution in [2.24, 2.45) is 5.92 Å². The Balaban J connectivity index is 2.06. The van der Waals surface area contributed by atoms with Gasteiger partial charge in [0.25, 0.3) is 0 Å². The summed E-state index contributed by atoms with van der Waals surface area (Å²) in [6.45, 7) is 1.72. The molecule has 1 saturated heterocycles. The van der Waals surface area contributed by atoms with Crippen LogP contribution in [0.25, 0.3) is 0 Å². The molecule has 17 heavy (non-hydrogen) atoms. The molecule has 0 radical (unpaired) electrons. The van der Waals surface area contributed by atoms with E-state index in [2.05, 4.69) is 4.90 Å². The second-order valence-corrected chi connectivity index (χ2v) is 4.40. The lowest BCUT2D eigenvalue weighted by Crippen LogP contribution is -2.39. The minimum absolute atomic E-state index is 0.00805. The van der Waals surface area contributed by atoms with Gasteiger partial charge in [-0.2, -0.15) is 0 Å². The molecule has 1 aliphatic heterocycles. The molecule has 1 atom stereocenters. The molecule has 1 aromatic rings. The first kappa shape index (κ1) is 11.8. The van der Waals surface area contributed by atoms with Crippen LogP contribution in [0.3, 0.4) is 0 Å². The van der Waals surface area contributed by atoms with Crippen LogP contribution in [0.15, 0.2) is 24.3 Å². The van der Waals surface area contributed by atoms with E-state index in [-0.39, 0.29) is 11.9 Å². The summed E-state index contributed by atoms with van der Waals surface area (Å²) in [5.41, 5.74) is 7.54. The van der Waals surface area contributed by atoms with Gasteiger partial charge in [-0.1, -0.05) is 0 Å². The predicted molar refractivity (Wildman–Crippen MR) is 67.8 cm³/mol. The summed E-state index contributed by atoms with van der Waals surface area (Å²) in [7, 11) is 1.45. The Morgan fingerprint density at radius 1 is 1.41 bits per heavy atom. The third-order valence-electron chi connectivity index (χ3n) is 3.21. The highest BCUT2D eigenvalue weighted by atomic mass is 16.5. The lowest BCUT2D eigenvalue weighted by molar-refractivity contribution is -0.145. The van der Waals surface area contributed by atoms with E-state index in [1.165, 1.54) is 7.11 Å². The van der Waals surface area contributed by atoms with Crippen LogP contribution in [-0.2, 0) is 9.53 Å². The highest BCUT2D eigenvalue weighted by Gasteiger charge is 2.26. The molecule has 0 spiro atoms. The maximum atomic E-state index is 11.5. The quantitative estimate of drug-likeness (QED) is 0.624. The number of esters is 1. The zero-order chi connectivity index (χ0) is 12.3. The van der Waals surface area contributed by atoms with Gasteiger partial charge in [0.05, 0.1) is 13.0 Å². The van der Waals surface area contributed by atoms with E-state index in [9.17, 15) is 4.79 Å². The molecule has 1 heterocycles. The summed E-state index contributed by atoms with van der Waals surface area (Å²) in [6.07, 6.45) is 1.93. The molecule has 4 nitrogen and oxygen atoms in total. The summed E-state index contributed by atoms with van der Waals surface area (Å²) in [6, 6.07) is 7.76. The molecule has 0 amide bonds. The maximum Gasteiger partial charge on any atom is 0.310 e. The van der Waals surface area contributed by atoms with Crippen molar-refractivity contribution >= 4 is 17.3 Å². The first-order valence-corrected chi connectivity index (χ1v) is 5.89. The number of nitrogens with zero attached hydrogens (tertiary/aromatic N) is 1. The number of nitrogens with two attached hydrogens (primary N) is 1. The molecule has 0 bridgehead atoms. The summed E-state index contributed by atoms with van der Waals surface area (Å²) < 4.78 is 4.81. The Kier molecular flexibility index (Phi) is 3.52. The second-order valence-electron chi connectivity index (χ2n) is 4.40. The minimum atomic E-state index is -0.106. The van der Waals surface area contributed by atoms with Crippen LogP contribution < -0.4 is 10.6 Å². The number of carbonyl (C=O) groups excluding carboxylic acids is 1. The number of anilines is 2. The van der Waals surface area contributed by atoms with Gasteiger partial charge in [-0.3, -0.25) is 4.79 Å². The summed E-state index contributed by atoms with van der Waals surface area (Å²) in [4.78, 5) is 13.7. The largest absolute Gasteiger partial charge is 0.469 e. The Hall–Kier alpha value is -1.71. The standard InChI is InChI=1S/C13H18N2O2/c1-17-13(16)10-3-2-8-15(9-10)12-6-4-11(14)5-7-12/h4-7,10H,2-3,8-9,14H2,1H3/t10-/m1/s1. The molecule has 0 aromatic heterocycles. The van der Waals surface area contributed by atoms with Crippen LogP contribution in [0.4, 0.5) is 11.4 Å². The molecule has 2 N–H and O–H groups in total. The minimum Gasteiger partial charge on any atom is -0.469 e. The average Bonchev–Trinajstić information content (AvgIpc) is 2.39. The zero-order valence-corrected chi connectivity index (χ0v) is 10.1. The topological polar surface area (TPSA) is 55.6 Å². The SMILES string of the molecule is COC(=O)[C@@H]1CCCN(c2ccc(N)cc2)C1. The number of carbonyl (C=O) groups is 1. The van der Waals surface area contributed by atoms with Crippen LogP contribution in [-0.4, -0.2) is 26.2 Å². The second kappa shape index (κ2) is 5.08. The number of nitrogen functional groups attached to an aromatic ring is 1. The van der Waals surface area contributed by atoms with Crippen LogP contribution in [0.1, 0.15) is 12.8 Å².